The first-order valence-electron chi connectivity index (χ1n) is 6.83. The van der Waals surface area contributed by atoms with Crippen LogP contribution in [0.25, 0.3) is 0 Å². The number of aromatic nitrogens is 1. The lowest BCUT2D eigenvalue weighted by Crippen LogP contribution is -2.58. The average Bonchev–Trinajstić information content (AvgIpc) is 2.77. The van der Waals surface area contributed by atoms with E-state index in [-0.39, 0.29) is 5.82 Å². The van der Waals surface area contributed by atoms with Crippen molar-refractivity contribution in [3.8, 4) is 0 Å². The average molecular weight is 249 g/mol. The second-order valence-electron chi connectivity index (χ2n) is 5.64. The molecule has 2 aliphatic rings. The molecule has 1 aromatic rings. The topological polar surface area (TPSA) is 28.2 Å². The van der Waals surface area contributed by atoms with Crippen molar-refractivity contribution in [3.05, 3.63) is 29.8 Å². The van der Waals surface area contributed by atoms with Gasteiger partial charge in [-0.1, -0.05) is 12.8 Å². The van der Waals surface area contributed by atoms with Crippen LogP contribution in [0.4, 0.5) is 4.39 Å². The largest absolute Gasteiger partial charge is 0.309 e. The Morgan fingerprint density at radius 1 is 1.33 bits per heavy atom. The van der Waals surface area contributed by atoms with Gasteiger partial charge in [-0.3, -0.25) is 9.88 Å². The highest BCUT2D eigenvalue weighted by atomic mass is 19.1. The van der Waals surface area contributed by atoms with Crippen molar-refractivity contribution in [1.82, 2.24) is 15.2 Å². The molecule has 1 saturated carbocycles. The monoisotopic (exact) mass is 249 g/mol. The summed E-state index contributed by atoms with van der Waals surface area (Å²) in [6.07, 6.45) is 8.27. The fourth-order valence-corrected chi connectivity index (χ4v) is 3.36. The summed E-state index contributed by atoms with van der Waals surface area (Å²) in [5.41, 5.74) is 1.31. The molecule has 1 N–H and O–H groups in total. The first-order valence-corrected chi connectivity index (χ1v) is 6.83. The maximum Gasteiger partial charge on any atom is 0.141 e. The summed E-state index contributed by atoms with van der Waals surface area (Å²) in [5, 5.41) is 3.69. The van der Waals surface area contributed by atoms with E-state index in [0.717, 1.165) is 31.7 Å². The highest BCUT2D eigenvalue weighted by Gasteiger charge is 2.37. The van der Waals surface area contributed by atoms with Crippen molar-refractivity contribution >= 4 is 0 Å². The van der Waals surface area contributed by atoms with Crippen LogP contribution in [-0.2, 0) is 6.54 Å². The van der Waals surface area contributed by atoms with Crippen molar-refractivity contribution in [1.29, 1.82) is 0 Å². The van der Waals surface area contributed by atoms with Crippen molar-refractivity contribution < 1.29 is 4.39 Å². The van der Waals surface area contributed by atoms with Crippen LogP contribution in [0, 0.1) is 5.82 Å². The minimum absolute atomic E-state index is 0.238. The molecule has 1 aliphatic heterocycles. The number of piperazine rings is 1. The second kappa shape index (κ2) is 4.94. The van der Waals surface area contributed by atoms with Crippen LogP contribution < -0.4 is 5.32 Å². The predicted molar refractivity (Wildman–Crippen MR) is 68.7 cm³/mol. The van der Waals surface area contributed by atoms with Crippen LogP contribution in [0.3, 0.4) is 0 Å². The zero-order valence-electron chi connectivity index (χ0n) is 10.7. The SMILES string of the molecule is Fc1cncc(CN2CCNC3(CCCC3)C2)c1. The molecule has 1 spiro atoms. The van der Waals surface area contributed by atoms with Crippen LogP contribution in [0.1, 0.15) is 31.2 Å². The molecule has 4 heteroatoms. The van der Waals surface area contributed by atoms with Gasteiger partial charge in [0.15, 0.2) is 0 Å². The zero-order valence-corrected chi connectivity index (χ0v) is 10.7. The maximum absolute atomic E-state index is 13.1. The van der Waals surface area contributed by atoms with E-state index in [9.17, 15) is 4.39 Å². The number of pyridine rings is 1. The minimum Gasteiger partial charge on any atom is -0.309 e. The van der Waals surface area contributed by atoms with E-state index in [1.807, 2.05) is 0 Å². The molecular formula is C14H20FN3. The Morgan fingerprint density at radius 3 is 2.94 bits per heavy atom. The second-order valence-corrected chi connectivity index (χ2v) is 5.64. The Bertz CT molecular complexity index is 415. The van der Waals surface area contributed by atoms with Gasteiger partial charge in [0.2, 0.25) is 0 Å². The van der Waals surface area contributed by atoms with Gasteiger partial charge >= 0.3 is 0 Å². The Morgan fingerprint density at radius 2 is 2.17 bits per heavy atom. The molecule has 3 rings (SSSR count). The van der Waals surface area contributed by atoms with Crippen molar-refractivity contribution in [2.45, 2.75) is 37.8 Å². The van der Waals surface area contributed by atoms with Crippen LogP contribution in [0.2, 0.25) is 0 Å². The molecule has 98 valence electrons. The Balaban J connectivity index is 1.66. The lowest BCUT2D eigenvalue weighted by atomic mass is 9.94. The number of nitrogens with zero attached hydrogens (tertiary/aromatic N) is 2. The van der Waals surface area contributed by atoms with Crippen molar-refractivity contribution in [2.24, 2.45) is 0 Å². The van der Waals surface area contributed by atoms with Crippen LogP contribution in [0.15, 0.2) is 18.5 Å². The Hall–Kier alpha value is -1.00. The van der Waals surface area contributed by atoms with Gasteiger partial charge < -0.3 is 5.32 Å². The fraction of sp³-hybridized carbons (Fsp3) is 0.643. The lowest BCUT2D eigenvalue weighted by Gasteiger charge is -2.41. The van der Waals surface area contributed by atoms with E-state index >= 15 is 0 Å². The summed E-state index contributed by atoms with van der Waals surface area (Å²) in [6.45, 7) is 3.98. The van der Waals surface area contributed by atoms with Gasteiger partial charge in [-0.25, -0.2) is 4.39 Å². The summed E-state index contributed by atoms with van der Waals surface area (Å²) in [7, 11) is 0. The van der Waals surface area contributed by atoms with E-state index in [1.54, 1.807) is 12.3 Å². The summed E-state index contributed by atoms with van der Waals surface area (Å²) in [4.78, 5) is 6.35. The quantitative estimate of drug-likeness (QED) is 0.868. The molecule has 2 heterocycles. The summed E-state index contributed by atoms with van der Waals surface area (Å²) >= 11 is 0. The highest BCUT2D eigenvalue weighted by Crippen LogP contribution is 2.32. The number of hydrogen-bond acceptors (Lipinski definition) is 3. The molecule has 1 aliphatic carbocycles. The van der Waals surface area contributed by atoms with Gasteiger partial charge in [0.05, 0.1) is 6.20 Å². The Labute approximate surface area is 107 Å². The smallest absolute Gasteiger partial charge is 0.141 e. The molecule has 0 amide bonds. The summed E-state index contributed by atoms with van der Waals surface area (Å²) in [5.74, 6) is -0.238. The molecule has 0 bridgehead atoms. The standard InChI is InChI=1S/C14H20FN3/c15-13-7-12(8-16-9-13)10-18-6-5-17-14(11-18)3-1-2-4-14/h7-9,17H,1-6,10-11H2. The molecule has 0 unspecified atom stereocenters. The van der Waals surface area contributed by atoms with E-state index < -0.39 is 0 Å². The van der Waals surface area contributed by atoms with E-state index in [2.05, 4.69) is 15.2 Å². The first kappa shape index (κ1) is 12.1. The van der Waals surface area contributed by atoms with Gasteiger partial charge in [0, 0.05) is 37.9 Å². The number of rotatable bonds is 2. The Kier molecular flexibility index (Phi) is 3.31. The summed E-state index contributed by atoms with van der Waals surface area (Å²) < 4.78 is 13.1. The number of hydrogen-bond donors (Lipinski definition) is 1. The molecule has 2 fully saturated rings. The van der Waals surface area contributed by atoms with Gasteiger partial charge in [0.1, 0.15) is 5.82 Å². The molecule has 1 aromatic heterocycles. The molecule has 18 heavy (non-hydrogen) atoms. The predicted octanol–water partition coefficient (Wildman–Crippen LogP) is 1.94. The number of nitrogens with one attached hydrogen (secondary N) is 1. The zero-order chi connectivity index (χ0) is 12.4. The van der Waals surface area contributed by atoms with Crippen molar-refractivity contribution in [2.75, 3.05) is 19.6 Å². The van der Waals surface area contributed by atoms with Gasteiger partial charge in [-0.15, -0.1) is 0 Å². The minimum atomic E-state index is -0.238. The van der Waals surface area contributed by atoms with E-state index in [0.29, 0.717) is 5.54 Å². The third-order valence-corrected chi connectivity index (χ3v) is 4.18. The molecular weight excluding hydrogens is 229 g/mol. The van der Waals surface area contributed by atoms with Crippen LogP contribution >= 0.6 is 0 Å². The van der Waals surface area contributed by atoms with Gasteiger partial charge in [0.25, 0.3) is 0 Å². The molecule has 0 atom stereocenters. The number of halogens is 1. The maximum atomic E-state index is 13.1. The molecule has 0 aromatic carbocycles. The highest BCUT2D eigenvalue weighted by molar-refractivity contribution is 5.11. The van der Waals surface area contributed by atoms with Crippen LogP contribution in [-0.4, -0.2) is 35.1 Å². The molecule has 1 saturated heterocycles. The van der Waals surface area contributed by atoms with E-state index in [1.165, 1.54) is 31.9 Å². The van der Waals surface area contributed by atoms with Gasteiger partial charge in [-0.2, -0.15) is 0 Å². The third kappa shape index (κ3) is 2.54. The summed E-state index contributed by atoms with van der Waals surface area (Å²) in [6, 6.07) is 1.59. The fourth-order valence-electron chi connectivity index (χ4n) is 3.36. The normalized spacial score (nSPS) is 23.6. The van der Waals surface area contributed by atoms with Gasteiger partial charge in [-0.05, 0) is 24.5 Å². The molecule has 3 nitrogen and oxygen atoms in total. The first-order chi connectivity index (χ1) is 8.76. The lowest BCUT2D eigenvalue weighted by molar-refractivity contribution is 0.128. The van der Waals surface area contributed by atoms with Crippen LogP contribution in [0.5, 0.6) is 0 Å². The molecule has 0 radical (unpaired) electrons. The van der Waals surface area contributed by atoms with Crippen molar-refractivity contribution in [3.63, 3.8) is 0 Å². The van der Waals surface area contributed by atoms with E-state index in [4.69, 9.17) is 0 Å². The third-order valence-electron chi connectivity index (χ3n) is 4.18.